The second kappa shape index (κ2) is 4.96. The van der Waals surface area contributed by atoms with Crippen LogP contribution in [0.15, 0.2) is 12.4 Å². The van der Waals surface area contributed by atoms with Crippen molar-refractivity contribution in [1.29, 1.82) is 0 Å². The molecule has 1 amide bonds. The maximum absolute atomic E-state index is 11.7. The van der Waals surface area contributed by atoms with Crippen molar-refractivity contribution in [1.82, 2.24) is 15.3 Å². The molecule has 7 heteroatoms. The van der Waals surface area contributed by atoms with Crippen LogP contribution in [0.5, 0.6) is 0 Å². The minimum absolute atomic E-state index is 0.0955. The number of hydrogen-bond donors (Lipinski definition) is 2. The second-order valence-corrected chi connectivity index (χ2v) is 3.70. The van der Waals surface area contributed by atoms with E-state index in [-0.39, 0.29) is 11.9 Å². The Morgan fingerprint density at radius 3 is 3.18 bits per heavy atom. The standard InChI is InChI=1S/C10H15N5O2/c1-12-10(16)7-5-17-3-2-15(7)9-4-8(11)13-6-14-9/h4,6-7H,2-3,5H2,1H3,(H,12,16)(H2,11,13,14). The van der Waals surface area contributed by atoms with E-state index in [2.05, 4.69) is 15.3 Å². The predicted octanol–water partition coefficient (Wildman–Crippen LogP) is -0.990. The summed E-state index contributed by atoms with van der Waals surface area (Å²) in [7, 11) is 1.60. The van der Waals surface area contributed by atoms with Crippen molar-refractivity contribution >= 4 is 17.5 Å². The van der Waals surface area contributed by atoms with Gasteiger partial charge in [0, 0.05) is 19.7 Å². The highest BCUT2D eigenvalue weighted by Gasteiger charge is 2.29. The van der Waals surface area contributed by atoms with Gasteiger partial charge >= 0.3 is 0 Å². The highest BCUT2D eigenvalue weighted by Crippen LogP contribution is 2.18. The van der Waals surface area contributed by atoms with Gasteiger partial charge in [-0.25, -0.2) is 9.97 Å². The van der Waals surface area contributed by atoms with Crippen LogP contribution in [0.3, 0.4) is 0 Å². The van der Waals surface area contributed by atoms with Crippen molar-refractivity contribution in [2.75, 3.05) is 37.4 Å². The van der Waals surface area contributed by atoms with E-state index in [1.807, 2.05) is 4.90 Å². The van der Waals surface area contributed by atoms with E-state index in [0.717, 1.165) is 0 Å². The number of likely N-dealkylation sites (N-methyl/N-ethyl adjacent to an activating group) is 1. The van der Waals surface area contributed by atoms with Crippen LogP contribution in [0, 0.1) is 0 Å². The molecule has 0 spiro atoms. The van der Waals surface area contributed by atoms with Gasteiger partial charge < -0.3 is 20.7 Å². The number of hydrogen-bond acceptors (Lipinski definition) is 6. The number of aromatic nitrogens is 2. The number of carbonyl (C=O) groups is 1. The maximum Gasteiger partial charge on any atom is 0.244 e. The number of anilines is 2. The lowest BCUT2D eigenvalue weighted by Gasteiger charge is -2.35. The maximum atomic E-state index is 11.7. The number of carbonyl (C=O) groups excluding carboxylic acids is 1. The third-order valence-electron chi connectivity index (χ3n) is 2.65. The van der Waals surface area contributed by atoms with E-state index in [1.165, 1.54) is 6.33 Å². The molecular weight excluding hydrogens is 222 g/mol. The molecule has 0 bridgehead atoms. The lowest BCUT2D eigenvalue weighted by atomic mass is 10.2. The summed E-state index contributed by atoms with van der Waals surface area (Å²) >= 11 is 0. The molecule has 1 saturated heterocycles. The highest BCUT2D eigenvalue weighted by molar-refractivity contribution is 5.85. The number of morpholine rings is 1. The molecule has 1 aromatic rings. The molecule has 92 valence electrons. The fourth-order valence-electron chi connectivity index (χ4n) is 1.78. The Bertz CT molecular complexity index is 411. The second-order valence-electron chi connectivity index (χ2n) is 3.70. The van der Waals surface area contributed by atoms with Gasteiger partial charge in [-0.05, 0) is 0 Å². The number of nitrogen functional groups attached to an aromatic ring is 1. The lowest BCUT2D eigenvalue weighted by Crippen LogP contribution is -2.53. The number of ether oxygens (including phenoxy) is 1. The third-order valence-corrected chi connectivity index (χ3v) is 2.65. The van der Waals surface area contributed by atoms with Gasteiger partial charge in [0.15, 0.2) is 0 Å². The van der Waals surface area contributed by atoms with Gasteiger partial charge in [-0.3, -0.25) is 4.79 Å². The van der Waals surface area contributed by atoms with Crippen LogP contribution in [0.1, 0.15) is 0 Å². The lowest BCUT2D eigenvalue weighted by molar-refractivity contribution is -0.124. The molecule has 0 aliphatic carbocycles. The average molecular weight is 237 g/mol. The van der Waals surface area contributed by atoms with Crippen LogP contribution in [-0.4, -0.2) is 48.7 Å². The summed E-state index contributed by atoms with van der Waals surface area (Å²) in [5.41, 5.74) is 5.61. The van der Waals surface area contributed by atoms with E-state index in [1.54, 1.807) is 13.1 Å². The predicted molar refractivity (Wildman–Crippen MR) is 62.5 cm³/mol. The first-order chi connectivity index (χ1) is 8.22. The molecule has 0 saturated carbocycles. The molecular formula is C10H15N5O2. The molecule has 0 aromatic carbocycles. The first kappa shape index (κ1) is 11.6. The third kappa shape index (κ3) is 2.44. The Hall–Kier alpha value is -1.89. The van der Waals surface area contributed by atoms with Crippen molar-refractivity contribution in [3.05, 3.63) is 12.4 Å². The molecule has 1 aromatic heterocycles. The van der Waals surface area contributed by atoms with E-state index < -0.39 is 0 Å². The molecule has 1 atom stereocenters. The zero-order valence-electron chi connectivity index (χ0n) is 9.59. The largest absolute Gasteiger partial charge is 0.384 e. The molecule has 1 aliphatic heterocycles. The van der Waals surface area contributed by atoms with E-state index in [4.69, 9.17) is 10.5 Å². The molecule has 1 fully saturated rings. The summed E-state index contributed by atoms with van der Waals surface area (Å²) in [6, 6.07) is 1.28. The minimum atomic E-state index is -0.372. The van der Waals surface area contributed by atoms with Crippen LogP contribution in [-0.2, 0) is 9.53 Å². The number of nitrogens with one attached hydrogen (secondary N) is 1. The van der Waals surface area contributed by atoms with Crippen LogP contribution < -0.4 is 16.0 Å². The topological polar surface area (TPSA) is 93.4 Å². The Morgan fingerprint density at radius 2 is 2.47 bits per heavy atom. The minimum Gasteiger partial charge on any atom is -0.384 e. The van der Waals surface area contributed by atoms with Crippen LogP contribution in [0.2, 0.25) is 0 Å². The van der Waals surface area contributed by atoms with Crippen molar-refractivity contribution in [3.8, 4) is 0 Å². The average Bonchev–Trinajstić information content (AvgIpc) is 2.38. The normalized spacial score (nSPS) is 20.1. The summed E-state index contributed by atoms with van der Waals surface area (Å²) < 4.78 is 5.31. The summed E-state index contributed by atoms with van der Waals surface area (Å²) in [5, 5.41) is 2.61. The smallest absolute Gasteiger partial charge is 0.244 e. The Kier molecular flexibility index (Phi) is 3.38. The summed E-state index contributed by atoms with van der Waals surface area (Å²) in [6.45, 7) is 1.52. The van der Waals surface area contributed by atoms with Gasteiger partial charge in [0.2, 0.25) is 5.91 Å². The number of nitrogens with two attached hydrogens (primary N) is 1. The Balaban J connectivity index is 2.24. The number of nitrogens with zero attached hydrogens (tertiary/aromatic N) is 3. The monoisotopic (exact) mass is 237 g/mol. The zero-order valence-corrected chi connectivity index (χ0v) is 9.59. The Labute approximate surface area is 99.0 Å². The van der Waals surface area contributed by atoms with E-state index >= 15 is 0 Å². The Morgan fingerprint density at radius 1 is 1.65 bits per heavy atom. The highest BCUT2D eigenvalue weighted by atomic mass is 16.5. The molecule has 17 heavy (non-hydrogen) atoms. The number of amides is 1. The molecule has 1 unspecified atom stereocenters. The van der Waals surface area contributed by atoms with Gasteiger partial charge in [0.1, 0.15) is 24.0 Å². The van der Waals surface area contributed by atoms with Gasteiger partial charge in [0.25, 0.3) is 0 Å². The molecule has 1 aliphatic rings. The molecule has 7 nitrogen and oxygen atoms in total. The van der Waals surface area contributed by atoms with Gasteiger partial charge in [-0.15, -0.1) is 0 Å². The molecule has 2 heterocycles. The summed E-state index contributed by atoms with van der Waals surface area (Å²) in [5.74, 6) is 0.938. The van der Waals surface area contributed by atoms with Crippen molar-refractivity contribution in [2.45, 2.75) is 6.04 Å². The van der Waals surface area contributed by atoms with Crippen molar-refractivity contribution in [2.24, 2.45) is 0 Å². The summed E-state index contributed by atoms with van der Waals surface area (Å²) in [4.78, 5) is 21.6. The molecule has 3 N–H and O–H groups in total. The molecule has 0 radical (unpaired) electrons. The fourth-order valence-corrected chi connectivity index (χ4v) is 1.78. The quantitative estimate of drug-likeness (QED) is 0.686. The van der Waals surface area contributed by atoms with Crippen molar-refractivity contribution < 1.29 is 9.53 Å². The summed E-state index contributed by atoms with van der Waals surface area (Å²) in [6.07, 6.45) is 1.39. The first-order valence-corrected chi connectivity index (χ1v) is 5.36. The van der Waals surface area contributed by atoms with Crippen molar-refractivity contribution in [3.63, 3.8) is 0 Å². The van der Waals surface area contributed by atoms with Gasteiger partial charge in [-0.2, -0.15) is 0 Å². The number of rotatable bonds is 2. The van der Waals surface area contributed by atoms with Crippen LogP contribution in [0.4, 0.5) is 11.6 Å². The van der Waals surface area contributed by atoms with Gasteiger partial charge in [0.05, 0.1) is 13.2 Å². The SMILES string of the molecule is CNC(=O)C1COCCN1c1cc(N)ncn1. The van der Waals surface area contributed by atoms with E-state index in [0.29, 0.717) is 31.4 Å². The van der Waals surface area contributed by atoms with Gasteiger partial charge in [-0.1, -0.05) is 0 Å². The fraction of sp³-hybridized carbons (Fsp3) is 0.500. The first-order valence-electron chi connectivity index (χ1n) is 5.36. The van der Waals surface area contributed by atoms with Crippen LogP contribution in [0.25, 0.3) is 0 Å². The van der Waals surface area contributed by atoms with E-state index in [9.17, 15) is 4.79 Å². The molecule has 2 rings (SSSR count). The zero-order chi connectivity index (χ0) is 12.3. The van der Waals surface area contributed by atoms with Crippen LogP contribution >= 0.6 is 0 Å².